The second-order valence-corrected chi connectivity index (χ2v) is 1.33. The van der Waals surface area contributed by atoms with Crippen molar-refractivity contribution in [2.45, 2.75) is 0 Å². The molecule has 3 heteroatoms. The summed E-state index contributed by atoms with van der Waals surface area (Å²) in [6.07, 6.45) is 3.56. The largest absolute Gasteiger partial charge is 0.393 e. The van der Waals surface area contributed by atoms with Crippen molar-refractivity contribution in [3.05, 3.63) is 12.4 Å². The Bertz CT molecular complexity index is 72.8. The zero-order chi connectivity index (χ0) is 6.41. The fourth-order valence-corrected chi connectivity index (χ4v) is 0.240. The van der Waals surface area contributed by atoms with Crippen LogP contribution in [0.25, 0.3) is 0 Å². The van der Waals surface area contributed by atoms with E-state index >= 15 is 0 Å². The SMILES string of the molecule is CN/C=C\N(C)OC. The number of hydrogen-bond donors (Lipinski definition) is 1. The van der Waals surface area contributed by atoms with Crippen molar-refractivity contribution >= 4 is 0 Å². The quantitative estimate of drug-likeness (QED) is 0.532. The molecule has 0 aromatic rings. The first-order valence-corrected chi connectivity index (χ1v) is 2.42. The van der Waals surface area contributed by atoms with Gasteiger partial charge in [-0.1, -0.05) is 0 Å². The maximum absolute atomic E-state index is 4.76. The predicted molar refractivity (Wildman–Crippen MR) is 33.0 cm³/mol. The zero-order valence-corrected chi connectivity index (χ0v) is 5.51. The second-order valence-electron chi connectivity index (χ2n) is 1.33. The molecule has 3 nitrogen and oxygen atoms in total. The highest BCUT2D eigenvalue weighted by Gasteiger charge is 1.78. The highest BCUT2D eigenvalue weighted by atomic mass is 16.7. The van der Waals surface area contributed by atoms with Crippen LogP contribution in [-0.4, -0.2) is 26.3 Å². The number of nitrogens with zero attached hydrogens (tertiary/aromatic N) is 1. The Morgan fingerprint density at radius 3 is 2.62 bits per heavy atom. The Kier molecular flexibility index (Phi) is 4.07. The summed E-state index contributed by atoms with van der Waals surface area (Å²) in [6, 6.07) is 0. The van der Waals surface area contributed by atoms with E-state index in [2.05, 4.69) is 5.32 Å². The van der Waals surface area contributed by atoms with Gasteiger partial charge in [0.15, 0.2) is 0 Å². The van der Waals surface area contributed by atoms with Crippen LogP contribution < -0.4 is 5.32 Å². The van der Waals surface area contributed by atoms with Gasteiger partial charge in [0.05, 0.1) is 7.11 Å². The number of hydroxylamine groups is 2. The van der Waals surface area contributed by atoms with Crippen LogP contribution in [0.15, 0.2) is 12.4 Å². The Labute approximate surface area is 49.9 Å². The van der Waals surface area contributed by atoms with E-state index in [1.54, 1.807) is 24.6 Å². The van der Waals surface area contributed by atoms with Crippen molar-refractivity contribution in [3.8, 4) is 0 Å². The molecule has 0 amide bonds. The van der Waals surface area contributed by atoms with E-state index in [9.17, 15) is 0 Å². The van der Waals surface area contributed by atoms with Crippen molar-refractivity contribution in [1.82, 2.24) is 10.4 Å². The minimum absolute atomic E-state index is 1.59. The van der Waals surface area contributed by atoms with Gasteiger partial charge in [0.2, 0.25) is 0 Å². The van der Waals surface area contributed by atoms with E-state index in [0.717, 1.165) is 0 Å². The summed E-state index contributed by atoms with van der Waals surface area (Å²) in [5.41, 5.74) is 0. The minimum atomic E-state index is 1.59. The maximum Gasteiger partial charge on any atom is 0.0638 e. The van der Waals surface area contributed by atoms with Crippen LogP contribution in [0, 0.1) is 0 Å². The lowest BCUT2D eigenvalue weighted by Gasteiger charge is -2.07. The van der Waals surface area contributed by atoms with Crippen molar-refractivity contribution in [2.24, 2.45) is 0 Å². The molecule has 0 aliphatic rings. The molecule has 0 heterocycles. The standard InChI is InChI=1S/C5H12N2O/c1-6-4-5-7(2)8-3/h4-6H,1-3H3/b5-4-. The molecule has 0 aromatic carbocycles. The Balaban J connectivity index is 3.21. The summed E-state index contributed by atoms with van der Waals surface area (Å²) < 4.78 is 0. The van der Waals surface area contributed by atoms with Crippen molar-refractivity contribution in [1.29, 1.82) is 0 Å². The molecule has 0 radical (unpaired) electrons. The van der Waals surface area contributed by atoms with Gasteiger partial charge >= 0.3 is 0 Å². The molecule has 0 bridgehead atoms. The zero-order valence-electron chi connectivity index (χ0n) is 5.51. The third-order valence-electron chi connectivity index (χ3n) is 0.739. The molecule has 0 aliphatic carbocycles. The van der Waals surface area contributed by atoms with Gasteiger partial charge in [-0.25, -0.2) is 0 Å². The summed E-state index contributed by atoms with van der Waals surface area (Å²) in [7, 11) is 5.26. The molecule has 1 N–H and O–H groups in total. The maximum atomic E-state index is 4.76. The van der Waals surface area contributed by atoms with Crippen LogP contribution in [0.1, 0.15) is 0 Å². The average molecular weight is 116 g/mol. The first-order valence-electron chi connectivity index (χ1n) is 2.42. The van der Waals surface area contributed by atoms with Crippen molar-refractivity contribution in [2.75, 3.05) is 21.2 Å². The second kappa shape index (κ2) is 4.46. The molecule has 0 rings (SSSR count). The lowest BCUT2D eigenvalue weighted by molar-refractivity contribution is -0.0648. The van der Waals surface area contributed by atoms with E-state index < -0.39 is 0 Å². The Morgan fingerprint density at radius 2 is 2.25 bits per heavy atom. The lowest BCUT2D eigenvalue weighted by Crippen LogP contribution is -2.09. The third kappa shape index (κ3) is 3.49. The minimum Gasteiger partial charge on any atom is -0.393 e. The molecule has 48 valence electrons. The van der Waals surface area contributed by atoms with Crippen LogP contribution in [0.4, 0.5) is 0 Å². The molecule has 0 aromatic heterocycles. The number of rotatable bonds is 3. The first-order chi connectivity index (χ1) is 3.81. The molecule has 0 saturated heterocycles. The molecule has 0 aliphatic heterocycles. The lowest BCUT2D eigenvalue weighted by atomic mass is 10.8. The van der Waals surface area contributed by atoms with Crippen molar-refractivity contribution < 1.29 is 4.84 Å². The van der Waals surface area contributed by atoms with Gasteiger partial charge in [0.1, 0.15) is 0 Å². The van der Waals surface area contributed by atoms with Crippen LogP contribution in [0.3, 0.4) is 0 Å². The van der Waals surface area contributed by atoms with Crippen molar-refractivity contribution in [3.63, 3.8) is 0 Å². The number of hydrogen-bond acceptors (Lipinski definition) is 3. The van der Waals surface area contributed by atoms with Gasteiger partial charge in [-0.15, -0.1) is 0 Å². The fraction of sp³-hybridized carbons (Fsp3) is 0.600. The predicted octanol–water partition coefficient (Wildman–Crippen LogP) is 0.170. The molecule has 8 heavy (non-hydrogen) atoms. The highest BCUT2D eigenvalue weighted by Crippen LogP contribution is 1.78. The van der Waals surface area contributed by atoms with Gasteiger partial charge in [0, 0.05) is 26.5 Å². The summed E-state index contributed by atoms with van der Waals surface area (Å²) in [6.45, 7) is 0. The van der Waals surface area contributed by atoms with E-state index in [0.29, 0.717) is 0 Å². The smallest absolute Gasteiger partial charge is 0.0638 e. The van der Waals surface area contributed by atoms with E-state index in [-0.39, 0.29) is 0 Å². The Morgan fingerprint density at radius 1 is 1.62 bits per heavy atom. The van der Waals surface area contributed by atoms with Gasteiger partial charge in [-0.05, 0) is 0 Å². The van der Waals surface area contributed by atoms with E-state index in [4.69, 9.17) is 4.84 Å². The molecule has 0 saturated carbocycles. The molecule has 0 unspecified atom stereocenters. The van der Waals surface area contributed by atoms with E-state index in [1.165, 1.54) is 0 Å². The fourth-order valence-electron chi connectivity index (χ4n) is 0.240. The normalized spacial score (nSPS) is 9.88. The van der Waals surface area contributed by atoms with Crippen LogP contribution in [0.2, 0.25) is 0 Å². The first kappa shape index (κ1) is 7.30. The van der Waals surface area contributed by atoms with Gasteiger partial charge < -0.3 is 5.32 Å². The average Bonchev–Trinajstić information content (AvgIpc) is 1.83. The summed E-state index contributed by atoms with van der Waals surface area (Å²) in [5, 5.41) is 4.42. The van der Waals surface area contributed by atoms with Crippen LogP contribution in [0.5, 0.6) is 0 Å². The van der Waals surface area contributed by atoms with E-state index in [1.807, 2.05) is 14.1 Å². The van der Waals surface area contributed by atoms with Gasteiger partial charge in [-0.2, -0.15) is 0 Å². The van der Waals surface area contributed by atoms with Crippen LogP contribution in [-0.2, 0) is 4.84 Å². The molecule has 0 fully saturated rings. The van der Waals surface area contributed by atoms with Crippen LogP contribution >= 0.6 is 0 Å². The topological polar surface area (TPSA) is 24.5 Å². The summed E-state index contributed by atoms with van der Waals surface area (Å²) >= 11 is 0. The summed E-state index contributed by atoms with van der Waals surface area (Å²) in [4.78, 5) is 4.76. The molecule has 0 atom stereocenters. The summed E-state index contributed by atoms with van der Waals surface area (Å²) in [5.74, 6) is 0. The molecule has 0 spiro atoms. The van der Waals surface area contributed by atoms with Gasteiger partial charge in [0.25, 0.3) is 0 Å². The Hall–Kier alpha value is -0.700. The van der Waals surface area contributed by atoms with Gasteiger partial charge in [-0.3, -0.25) is 9.90 Å². The third-order valence-corrected chi connectivity index (χ3v) is 0.739. The molecular weight excluding hydrogens is 104 g/mol. The monoisotopic (exact) mass is 116 g/mol. The highest BCUT2D eigenvalue weighted by molar-refractivity contribution is 4.71. The molecular formula is C5H12N2O. The number of nitrogens with one attached hydrogen (secondary N) is 1.